The van der Waals surface area contributed by atoms with Gasteiger partial charge in [-0.05, 0) is 85.6 Å². The first kappa shape index (κ1) is 23.1. The molecule has 2 aromatic heterocycles. The molecular weight excluding hydrogens is 470 g/mol. The molecule has 0 aliphatic carbocycles. The number of pyridine rings is 1. The van der Waals surface area contributed by atoms with Gasteiger partial charge in [0.25, 0.3) is 5.91 Å². The molecule has 0 atom stereocenters. The van der Waals surface area contributed by atoms with Crippen LogP contribution in [0.25, 0.3) is 11.3 Å². The lowest BCUT2D eigenvalue weighted by molar-refractivity contribution is 0.102. The molecule has 0 radical (unpaired) electrons. The van der Waals surface area contributed by atoms with Crippen molar-refractivity contribution in [3.63, 3.8) is 0 Å². The van der Waals surface area contributed by atoms with E-state index in [-0.39, 0.29) is 5.91 Å². The lowest BCUT2D eigenvalue weighted by atomic mass is 10.0. The summed E-state index contributed by atoms with van der Waals surface area (Å²) in [7, 11) is 0. The number of amides is 1. The van der Waals surface area contributed by atoms with E-state index in [0.717, 1.165) is 28.1 Å². The van der Waals surface area contributed by atoms with Crippen molar-refractivity contribution in [3.8, 4) is 34.3 Å². The van der Waals surface area contributed by atoms with Gasteiger partial charge in [0.1, 0.15) is 11.5 Å². The van der Waals surface area contributed by atoms with Crippen molar-refractivity contribution in [3.05, 3.63) is 113 Å². The smallest absolute Gasteiger partial charge is 0.257 e. The molecule has 0 spiro atoms. The van der Waals surface area contributed by atoms with Crippen molar-refractivity contribution in [1.82, 2.24) is 9.97 Å². The fourth-order valence-electron chi connectivity index (χ4n) is 3.72. The molecule has 0 aliphatic heterocycles. The average Bonchev–Trinajstić information content (AvgIpc) is 3.33. The van der Waals surface area contributed by atoms with Gasteiger partial charge in [-0.3, -0.25) is 15.1 Å². The van der Waals surface area contributed by atoms with E-state index in [0.29, 0.717) is 27.9 Å². The lowest BCUT2D eigenvalue weighted by Gasteiger charge is -2.11. The third kappa shape index (κ3) is 5.35. The summed E-state index contributed by atoms with van der Waals surface area (Å²) in [5.41, 5.74) is 4.36. The summed E-state index contributed by atoms with van der Waals surface area (Å²) < 4.78 is 11.8. The Bertz CT molecular complexity index is 1460. The zero-order valence-electron chi connectivity index (χ0n) is 19.6. The number of benzene rings is 2. The third-order valence-corrected chi connectivity index (χ3v) is 6.08. The van der Waals surface area contributed by atoms with Gasteiger partial charge in [-0.25, -0.2) is 4.98 Å². The highest BCUT2D eigenvalue weighted by Gasteiger charge is 2.14. The van der Waals surface area contributed by atoms with Gasteiger partial charge < -0.3 is 9.47 Å². The van der Waals surface area contributed by atoms with E-state index >= 15 is 0 Å². The van der Waals surface area contributed by atoms with Gasteiger partial charge in [0.15, 0.2) is 16.6 Å². The second-order valence-electron chi connectivity index (χ2n) is 7.99. The van der Waals surface area contributed by atoms with Crippen LogP contribution in [0.4, 0.5) is 5.13 Å². The van der Waals surface area contributed by atoms with Gasteiger partial charge in [-0.1, -0.05) is 18.2 Å². The number of para-hydroxylation sites is 1. The summed E-state index contributed by atoms with van der Waals surface area (Å²) in [6.45, 7) is 4.02. The first-order chi connectivity index (χ1) is 17.5. The second-order valence-corrected chi connectivity index (χ2v) is 8.85. The van der Waals surface area contributed by atoms with Crippen molar-refractivity contribution in [1.29, 1.82) is 0 Å². The Kier molecular flexibility index (Phi) is 6.61. The quantitative estimate of drug-likeness (QED) is 0.259. The van der Waals surface area contributed by atoms with Crippen LogP contribution >= 0.6 is 11.3 Å². The predicted octanol–water partition coefficient (Wildman–Crippen LogP) is 7.26. The molecule has 3 aromatic carbocycles. The molecule has 0 fully saturated rings. The number of nitrogens with zero attached hydrogens (tertiary/aromatic N) is 2. The molecule has 1 amide bonds. The summed E-state index contributed by atoms with van der Waals surface area (Å²) in [4.78, 5) is 21.0. The van der Waals surface area contributed by atoms with Gasteiger partial charge >= 0.3 is 0 Å². The van der Waals surface area contributed by atoms with Crippen LogP contribution in [0.1, 0.15) is 21.5 Å². The highest BCUT2D eigenvalue weighted by Crippen LogP contribution is 2.34. The van der Waals surface area contributed by atoms with Crippen molar-refractivity contribution in [2.24, 2.45) is 0 Å². The summed E-state index contributed by atoms with van der Waals surface area (Å²) in [5, 5.41) is 5.32. The van der Waals surface area contributed by atoms with Crippen LogP contribution < -0.4 is 14.8 Å². The molecule has 2 heterocycles. The number of aromatic nitrogens is 2. The molecule has 7 heteroatoms. The molecule has 1 N–H and O–H groups in total. The van der Waals surface area contributed by atoms with E-state index in [1.165, 1.54) is 11.3 Å². The van der Waals surface area contributed by atoms with E-state index < -0.39 is 0 Å². The number of carbonyl (C=O) groups excluding carboxylic acids is 1. The first-order valence-electron chi connectivity index (χ1n) is 11.2. The summed E-state index contributed by atoms with van der Waals surface area (Å²) >= 11 is 1.38. The van der Waals surface area contributed by atoms with Gasteiger partial charge in [0.05, 0.1) is 5.69 Å². The number of thiazole rings is 1. The van der Waals surface area contributed by atoms with Crippen LogP contribution in [0.3, 0.4) is 0 Å². The molecule has 5 aromatic rings. The number of hydrogen-bond acceptors (Lipinski definition) is 6. The minimum absolute atomic E-state index is 0.219. The maximum absolute atomic E-state index is 12.4. The molecule has 0 aliphatic rings. The number of nitrogens with one attached hydrogen (secondary N) is 1. The van der Waals surface area contributed by atoms with Crippen LogP contribution in [-0.2, 0) is 0 Å². The highest BCUT2D eigenvalue weighted by molar-refractivity contribution is 7.14. The Balaban J connectivity index is 1.28. The Labute approximate surface area is 213 Å². The molecule has 36 heavy (non-hydrogen) atoms. The van der Waals surface area contributed by atoms with Crippen LogP contribution in [0.15, 0.2) is 84.5 Å². The topological polar surface area (TPSA) is 73.3 Å². The zero-order chi connectivity index (χ0) is 24.9. The molecule has 0 bridgehead atoms. The lowest BCUT2D eigenvalue weighted by Crippen LogP contribution is -2.11. The first-order valence-corrected chi connectivity index (χ1v) is 12.1. The SMILES string of the molecule is Cc1cc(Oc2c#cc(Oc3ccccc3)cc2)cc(C)c1-c1csc(NC(=O)c2ccncc2)n1. The molecule has 0 unspecified atom stereocenters. The number of rotatable bonds is 7. The molecule has 6 nitrogen and oxygen atoms in total. The fourth-order valence-corrected chi connectivity index (χ4v) is 4.42. The van der Waals surface area contributed by atoms with Crippen molar-refractivity contribution < 1.29 is 14.3 Å². The Morgan fingerprint density at radius 2 is 1.50 bits per heavy atom. The van der Waals surface area contributed by atoms with E-state index in [4.69, 9.17) is 9.47 Å². The number of hydrogen-bond donors (Lipinski definition) is 1. The van der Waals surface area contributed by atoms with Crippen LogP contribution in [0.5, 0.6) is 23.0 Å². The van der Waals surface area contributed by atoms with E-state index in [9.17, 15) is 4.79 Å². The van der Waals surface area contributed by atoms with E-state index in [2.05, 4.69) is 27.4 Å². The normalized spacial score (nSPS) is 10.4. The van der Waals surface area contributed by atoms with Gasteiger partial charge in [-0.15, -0.1) is 11.3 Å². The number of ether oxygens (including phenoxy) is 2. The van der Waals surface area contributed by atoms with Crippen LogP contribution in [0, 0.1) is 26.0 Å². The summed E-state index contributed by atoms with van der Waals surface area (Å²) in [5.74, 6) is 2.31. The molecule has 0 saturated heterocycles. The van der Waals surface area contributed by atoms with Crippen LogP contribution in [-0.4, -0.2) is 15.9 Å². The van der Waals surface area contributed by atoms with Crippen molar-refractivity contribution >= 4 is 22.4 Å². The minimum atomic E-state index is -0.219. The molecular formula is C29H21N3O3S. The maximum Gasteiger partial charge on any atom is 0.257 e. The minimum Gasteiger partial charge on any atom is -0.448 e. The largest absolute Gasteiger partial charge is 0.448 e. The molecule has 0 saturated carbocycles. The fraction of sp³-hybridized carbons (Fsp3) is 0.0690. The second kappa shape index (κ2) is 10.3. The highest BCUT2D eigenvalue weighted by atomic mass is 32.1. The Morgan fingerprint density at radius 3 is 2.14 bits per heavy atom. The summed E-state index contributed by atoms with van der Waals surface area (Å²) in [6, 6.07) is 26.3. The predicted molar refractivity (Wildman–Crippen MR) is 140 cm³/mol. The number of anilines is 1. The zero-order valence-corrected chi connectivity index (χ0v) is 20.4. The average molecular weight is 492 g/mol. The summed E-state index contributed by atoms with van der Waals surface area (Å²) in [6.07, 6.45) is 3.17. The van der Waals surface area contributed by atoms with Crippen molar-refractivity contribution in [2.75, 3.05) is 5.32 Å². The molecule has 176 valence electrons. The van der Waals surface area contributed by atoms with E-state index in [1.54, 1.807) is 36.7 Å². The Morgan fingerprint density at radius 1 is 0.861 bits per heavy atom. The Hall–Kier alpha value is -4.67. The van der Waals surface area contributed by atoms with Gasteiger partial charge in [0, 0.05) is 28.9 Å². The monoisotopic (exact) mass is 491 g/mol. The number of aryl methyl sites for hydroxylation is 2. The molecule has 5 rings (SSSR count). The third-order valence-electron chi connectivity index (χ3n) is 5.32. The maximum atomic E-state index is 12.4. The van der Waals surface area contributed by atoms with Gasteiger partial charge in [-0.2, -0.15) is 0 Å². The standard InChI is InChI=1S/C29H21N3O3S/c1-19-16-25(35-24-10-8-23(9-11-24)34-22-6-4-3-5-7-22)17-20(2)27(19)26-18-36-29(31-26)32-28(33)21-12-14-30-15-13-21/h3-8,10,12-18H,1-2H3,(H,31,32,33). The number of carbonyl (C=O) groups is 1. The van der Waals surface area contributed by atoms with Crippen LogP contribution in [0.2, 0.25) is 0 Å². The van der Waals surface area contributed by atoms with Gasteiger partial charge in [0.2, 0.25) is 0 Å². The van der Waals surface area contributed by atoms with Crippen molar-refractivity contribution in [2.45, 2.75) is 13.8 Å². The van der Waals surface area contributed by atoms with E-state index in [1.807, 2.05) is 61.7 Å².